The summed E-state index contributed by atoms with van der Waals surface area (Å²) in [5, 5.41) is 7.23. The third-order valence-electron chi connectivity index (χ3n) is 1.57. The standard InChI is InChI=1S/C7H13N3O3S/c1-6(4-8)14(12,13)9-5-7(11)10(2)3/h6,9H,5H2,1-3H3. The molecule has 1 N–H and O–H groups in total. The van der Waals surface area contributed by atoms with Crippen LogP contribution >= 0.6 is 0 Å². The van der Waals surface area contributed by atoms with Crippen molar-refractivity contribution in [2.45, 2.75) is 12.2 Å². The Morgan fingerprint density at radius 3 is 2.43 bits per heavy atom. The van der Waals surface area contributed by atoms with Gasteiger partial charge in [0.15, 0.2) is 5.25 Å². The first-order valence-electron chi connectivity index (χ1n) is 3.89. The van der Waals surface area contributed by atoms with Gasteiger partial charge in [0.05, 0.1) is 12.6 Å². The third kappa shape index (κ3) is 3.72. The molecular formula is C7H13N3O3S. The van der Waals surface area contributed by atoms with Gasteiger partial charge in [0, 0.05) is 14.1 Å². The second kappa shape index (κ2) is 4.93. The molecule has 0 heterocycles. The van der Waals surface area contributed by atoms with Crippen LogP contribution in [-0.2, 0) is 14.8 Å². The Kier molecular flexibility index (Phi) is 4.53. The minimum atomic E-state index is -3.70. The van der Waals surface area contributed by atoms with Crippen LogP contribution in [0.15, 0.2) is 0 Å². The first-order valence-corrected chi connectivity index (χ1v) is 5.44. The number of nitrogens with zero attached hydrogens (tertiary/aromatic N) is 2. The lowest BCUT2D eigenvalue weighted by molar-refractivity contribution is -0.127. The highest BCUT2D eigenvalue weighted by atomic mass is 32.2. The maximum Gasteiger partial charge on any atom is 0.237 e. The van der Waals surface area contributed by atoms with Crippen LogP contribution in [0.2, 0.25) is 0 Å². The van der Waals surface area contributed by atoms with Crippen LogP contribution in [0.5, 0.6) is 0 Å². The third-order valence-corrected chi connectivity index (χ3v) is 3.15. The van der Waals surface area contributed by atoms with E-state index in [4.69, 9.17) is 5.26 Å². The number of hydrogen-bond donors (Lipinski definition) is 1. The number of rotatable bonds is 4. The summed E-state index contributed by atoms with van der Waals surface area (Å²) in [6.45, 7) is 0.934. The minimum Gasteiger partial charge on any atom is -0.348 e. The SMILES string of the molecule is CC(C#N)S(=O)(=O)NCC(=O)N(C)C. The lowest BCUT2D eigenvalue weighted by atomic mass is 10.5. The van der Waals surface area contributed by atoms with Gasteiger partial charge in [-0.1, -0.05) is 0 Å². The van der Waals surface area contributed by atoms with Crippen LogP contribution in [0, 0.1) is 11.3 Å². The number of hydrogen-bond acceptors (Lipinski definition) is 4. The van der Waals surface area contributed by atoms with E-state index in [0.717, 1.165) is 0 Å². The number of nitrogens with one attached hydrogen (secondary N) is 1. The summed E-state index contributed by atoms with van der Waals surface area (Å²) in [6.07, 6.45) is 0. The van der Waals surface area contributed by atoms with E-state index in [0.29, 0.717) is 0 Å². The summed E-state index contributed by atoms with van der Waals surface area (Å²) in [6, 6.07) is 1.58. The zero-order valence-electron chi connectivity index (χ0n) is 8.31. The van der Waals surface area contributed by atoms with E-state index in [1.54, 1.807) is 6.07 Å². The molecule has 0 saturated carbocycles. The number of carbonyl (C=O) groups excluding carboxylic acids is 1. The molecule has 0 saturated heterocycles. The van der Waals surface area contributed by atoms with Gasteiger partial charge in [0.1, 0.15) is 0 Å². The van der Waals surface area contributed by atoms with E-state index in [-0.39, 0.29) is 12.5 Å². The molecule has 0 fully saturated rings. The second-order valence-electron chi connectivity index (χ2n) is 2.93. The van der Waals surface area contributed by atoms with Crippen LogP contribution in [0.25, 0.3) is 0 Å². The van der Waals surface area contributed by atoms with Crippen LogP contribution in [0.4, 0.5) is 0 Å². The zero-order chi connectivity index (χ0) is 11.4. The van der Waals surface area contributed by atoms with Crippen LogP contribution in [0.1, 0.15) is 6.92 Å². The molecule has 14 heavy (non-hydrogen) atoms. The first kappa shape index (κ1) is 12.9. The average molecular weight is 219 g/mol. The van der Waals surface area contributed by atoms with Crippen molar-refractivity contribution in [2.24, 2.45) is 0 Å². The van der Waals surface area contributed by atoms with Crippen molar-refractivity contribution in [2.75, 3.05) is 20.6 Å². The topological polar surface area (TPSA) is 90.3 Å². The van der Waals surface area contributed by atoms with Crippen molar-refractivity contribution >= 4 is 15.9 Å². The largest absolute Gasteiger partial charge is 0.348 e. The minimum absolute atomic E-state index is 0.318. The molecule has 0 aromatic carbocycles. The maximum atomic E-state index is 11.2. The summed E-state index contributed by atoms with van der Waals surface area (Å²) < 4.78 is 24.4. The van der Waals surface area contributed by atoms with Gasteiger partial charge in [0.25, 0.3) is 0 Å². The molecular weight excluding hydrogens is 206 g/mol. The molecule has 80 valence electrons. The van der Waals surface area contributed by atoms with Crippen LogP contribution < -0.4 is 4.72 Å². The fourth-order valence-corrected chi connectivity index (χ4v) is 1.23. The number of carbonyl (C=O) groups is 1. The predicted octanol–water partition coefficient (Wildman–Crippen LogP) is -1.09. The van der Waals surface area contributed by atoms with E-state index in [9.17, 15) is 13.2 Å². The van der Waals surface area contributed by atoms with Gasteiger partial charge in [-0.3, -0.25) is 4.79 Å². The smallest absolute Gasteiger partial charge is 0.237 e. The van der Waals surface area contributed by atoms with Crippen LogP contribution in [-0.4, -0.2) is 45.1 Å². The van der Waals surface area contributed by atoms with Crippen molar-refractivity contribution in [3.63, 3.8) is 0 Å². The summed E-state index contributed by atoms with van der Waals surface area (Å²) >= 11 is 0. The lowest BCUT2D eigenvalue weighted by Crippen LogP contribution is -2.39. The van der Waals surface area contributed by atoms with Crippen molar-refractivity contribution < 1.29 is 13.2 Å². The Morgan fingerprint density at radius 1 is 1.57 bits per heavy atom. The van der Waals surface area contributed by atoms with E-state index >= 15 is 0 Å². The highest BCUT2D eigenvalue weighted by molar-refractivity contribution is 7.90. The van der Waals surface area contributed by atoms with Gasteiger partial charge in [-0.2, -0.15) is 5.26 Å². The van der Waals surface area contributed by atoms with Gasteiger partial charge in [-0.05, 0) is 6.92 Å². The fourth-order valence-electron chi connectivity index (χ4n) is 0.515. The molecule has 1 atom stereocenters. The average Bonchev–Trinajstić information content (AvgIpc) is 2.12. The lowest BCUT2D eigenvalue weighted by Gasteiger charge is -2.11. The maximum absolute atomic E-state index is 11.2. The van der Waals surface area contributed by atoms with Gasteiger partial charge < -0.3 is 4.90 Å². The molecule has 0 spiro atoms. The van der Waals surface area contributed by atoms with Crippen molar-refractivity contribution in [3.05, 3.63) is 0 Å². The summed E-state index contributed by atoms with van der Waals surface area (Å²) in [5.41, 5.74) is 0. The number of nitriles is 1. The van der Waals surface area contributed by atoms with Crippen molar-refractivity contribution in [1.82, 2.24) is 9.62 Å². The van der Waals surface area contributed by atoms with E-state index < -0.39 is 15.3 Å². The zero-order valence-corrected chi connectivity index (χ0v) is 9.13. The molecule has 0 aliphatic carbocycles. The summed E-state index contributed by atoms with van der Waals surface area (Å²) in [5.74, 6) is -0.362. The van der Waals surface area contributed by atoms with Gasteiger partial charge in [0.2, 0.25) is 15.9 Å². The first-order chi connectivity index (χ1) is 6.31. The number of amides is 1. The predicted molar refractivity (Wildman–Crippen MR) is 50.7 cm³/mol. The molecule has 1 amide bonds. The van der Waals surface area contributed by atoms with Crippen molar-refractivity contribution in [1.29, 1.82) is 5.26 Å². The highest BCUT2D eigenvalue weighted by Gasteiger charge is 2.20. The van der Waals surface area contributed by atoms with Gasteiger partial charge in [-0.15, -0.1) is 0 Å². The van der Waals surface area contributed by atoms with E-state index in [2.05, 4.69) is 0 Å². The van der Waals surface area contributed by atoms with E-state index in [1.165, 1.54) is 25.9 Å². The molecule has 7 heteroatoms. The monoisotopic (exact) mass is 219 g/mol. The second-order valence-corrected chi connectivity index (χ2v) is 5.01. The number of likely N-dealkylation sites (N-methyl/N-ethyl adjacent to an activating group) is 1. The normalized spacial score (nSPS) is 13.0. The fraction of sp³-hybridized carbons (Fsp3) is 0.714. The summed E-state index contributed by atoms with van der Waals surface area (Å²) in [4.78, 5) is 12.3. The molecule has 0 bridgehead atoms. The van der Waals surface area contributed by atoms with Crippen LogP contribution in [0.3, 0.4) is 0 Å². The Morgan fingerprint density at radius 2 is 2.07 bits per heavy atom. The Hall–Kier alpha value is -1.13. The van der Waals surface area contributed by atoms with Gasteiger partial charge in [-0.25, -0.2) is 13.1 Å². The summed E-state index contributed by atoms with van der Waals surface area (Å²) in [7, 11) is -0.661. The van der Waals surface area contributed by atoms with Gasteiger partial charge >= 0.3 is 0 Å². The number of sulfonamides is 1. The molecule has 0 aromatic heterocycles. The van der Waals surface area contributed by atoms with E-state index in [1.807, 2.05) is 4.72 Å². The Labute approximate surface area is 83.6 Å². The molecule has 0 aliphatic rings. The molecule has 0 rings (SSSR count). The Balaban J connectivity index is 4.29. The molecule has 0 aliphatic heterocycles. The molecule has 1 unspecified atom stereocenters. The quantitative estimate of drug-likeness (QED) is 0.650. The molecule has 0 radical (unpaired) electrons. The molecule has 0 aromatic rings. The van der Waals surface area contributed by atoms with Crippen molar-refractivity contribution in [3.8, 4) is 6.07 Å². The Bertz CT molecular complexity index is 342. The molecule has 6 nitrogen and oxygen atoms in total. The highest BCUT2D eigenvalue weighted by Crippen LogP contribution is 1.95.